The molecule has 0 radical (unpaired) electrons. The van der Waals surface area contributed by atoms with Gasteiger partial charge in [0.1, 0.15) is 0 Å². The standard InChI is InChI=1S/C10H18N2O/c1-5-7-12(4)10(13)9(3)8-11-6-2/h6,8H,5,7H2,1-4H3/b9-8+,11-6-. The highest BCUT2D eigenvalue weighted by molar-refractivity contribution is 5.92. The number of carbonyl (C=O) groups excluding carboxylic acids is 1. The Morgan fingerprint density at radius 3 is 2.62 bits per heavy atom. The zero-order chi connectivity index (χ0) is 10.3. The molecule has 3 nitrogen and oxygen atoms in total. The third kappa shape index (κ3) is 4.45. The van der Waals surface area contributed by atoms with E-state index in [0.29, 0.717) is 5.57 Å². The van der Waals surface area contributed by atoms with Gasteiger partial charge in [0.25, 0.3) is 5.91 Å². The smallest absolute Gasteiger partial charge is 0.250 e. The van der Waals surface area contributed by atoms with Gasteiger partial charge in [-0.15, -0.1) is 0 Å². The van der Waals surface area contributed by atoms with Crippen LogP contribution in [0.2, 0.25) is 0 Å². The molecule has 0 aliphatic heterocycles. The van der Waals surface area contributed by atoms with Crippen molar-refractivity contribution in [3.8, 4) is 0 Å². The molecule has 0 N–H and O–H groups in total. The molecule has 0 aliphatic rings. The van der Waals surface area contributed by atoms with Crippen LogP contribution in [0.15, 0.2) is 16.8 Å². The summed E-state index contributed by atoms with van der Waals surface area (Å²) in [5.41, 5.74) is 0.675. The monoisotopic (exact) mass is 182 g/mol. The lowest BCUT2D eigenvalue weighted by Crippen LogP contribution is -2.27. The van der Waals surface area contributed by atoms with Crippen molar-refractivity contribution < 1.29 is 4.79 Å². The van der Waals surface area contributed by atoms with Crippen molar-refractivity contribution in [1.29, 1.82) is 0 Å². The molecule has 0 atom stereocenters. The number of nitrogens with zero attached hydrogens (tertiary/aromatic N) is 2. The first-order valence-electron chi connectivity index (χ1n) is 4.53. The average molecular weight is 182 g/mol. The first kappa shape index (κ1) is 11.9. The maximum absolute atomic E-state index is 11.5. The van der Waals surface area contributed by atoms with Gasteiger partial charge in [0.15, 0.2) is 0 Å². The minimum Gasteiger partial charge on any atom is -0.342 e. The molecule has 0 rings (SSSR count). The molecule has 0 aliphatic carbocycles. The SMILES string of the molecule is C/C=N\C=C(/C)C(=O)N(C)CCC. The number of rotatable bonds is 4. The van der Waals surface area contributed by atoms with Gasteiger partial charge in [-0.25, -0.2) is 0 Å². The summed E-state index contributed by atoms with van der Waals surface area (Å²) in [5.74, 6) is 0.0486. The maximum Gasteiger partial charge on any atom is 0.250 e. The normalized spacial score (nSPS) is 12.2. The second-order valence-corrected chi connectivity index (χ2v) is 2.95. The number of hydrogen-bond donors (Lipinski definition) is 0. The Hall–Kier alpha value is -1.12. The van der Waals surface area contributed by atoms with Crippen molar-refractivity contribution >= 4 is 12.1 Å². The Labute approximate surface area is 80.2 Å². The van der Waals surface area contributed by atoms with Crippen LogP contribution in [0.4, 0.5) is 0 Å². The third-order valence-corrected chi connectivity index (χ3v) is 1.66. The Morgan fingerprint density at radius 2 is 2.15 bits per heavy atom. The largest absolute Gasteiger partial charge is 0.342 e. The summed E-state index contributed by atoms with van der Waals surface area (Å²) in [7, 11) is 1.80. The van der Waals surface area contributed by atoms with Crippen molar-refractivity contribution in [2.45, 2.75) is 27.2 Å². The molecule has 0 saturated carbocycles. The van der Waals surface area contributed by atoms with Gasteiger partial charge in [-0.2, -0.15) is 0 Å². The van der Waals surface area contributed by atoms with E-state index in [-0.39, 0.29) is 5.91 Å². The van der Waals surface area contributed by atoms with Gasteiger partial charge < -0.3 is 4.90 Å². The molecular weight excluding hydrogens is 164 g/mol. The quantitative estimate of drug-likeness (QED) is 0.482. The van der Waals surface area contributed by atoms with Gasteiger partial charge in [0.05, 0.1) is 0 Å². The second-order valence-electron chi connectivity index (χ2n) is 2.95. The minimum atomic E-state index is 0.0486. The number of hydrogen-bond acceptors (Lipinski definition) is 2. The van der Waals surface area contributed by atoms with Crippen LogP contribution < -0.4 is 0 Å². The van der Waals surface area contributed by atoms with E-state index in [4.69, 9.17) is 0 Å². The average Bonchev–Trinajstić information content (AvgIpc) is 2.13. The van der Waals surface area contributed by atoms with E-state index in [0.717, 1.165) is 13.0 Å². The summed E-state index contributed by atoms with van der Waals surface area (Å²) in [6, 6.07) is 0. The minimum absolute atomic E-state index is 0.0486. The van der Waals surface area contributed by atoms with E-state index in [1.807, 2.05) is 13.8 Å². The zero-order valence-corrected chi connectivity index (χ0v) is 8.87. The fraction of sp³-hybridized carbons (Fsp3) is 0.600. The van der Waals surface area contributed by atoms with Crippen LogP contribution >= 0.6 is 0 Å². The van der Waals surface area contributed by atoms with E-state index in [1.165, 1.54) is 0 Å². The van der Waals surface area contributed by atoms with Crippen LogP contribution in [-0.2, 0) is 4.79 Å². The molecular formula is C10H18N2O. The van der Waals surface area contributed by atoms with Gasteiger partial charge in [-0.05, 0) is 20.3 Å². The maximum atomic E-state index is 11.5. The van der Waals surface area contributed by atoms with Crippen molar-refractivity contribution in [2.24, 2.45) is 4.99 Å². The molecule has 74 valence electrons. The molecule has 0 aromatic carbocycles. The summed E-state index contributed by atoms with van der Waals surface area (Å²) in [4.78, 5) is 17.1. The number of aliphatic imine (C=N–C) groups is 1. The van der Waals surface area contributed by atoms with Crippen LogP contribution in [0.3, 0.4) is 0 Å². The predicted octanol–water partition coefficient (Wildman–Crippen LogP) is 1.85. The van der Waals surface area contributed by atoms with Crippen LogP contribution in [0.25, 0.3) is 0 Å². The second kappa shape index (κ2) is 6.40. The van der Waals surface area contributed by atoms with Crippen molar-refractivity contribution in [3.05, 3.63) is 11.8 Å². The summed E-state index contributed by atoms with van der Waals surface area (Å²) in [6.07, 6.45) is 4.23. The van der Waals surface area contributed by atoms with Gasteiger partial charge in [0.2, 0.25) is 0 Å². The van der Waals surface area contributed by atoms with Gasteiger partial charge in [0, 0.05) is 31.6 Å². The summed E-state index contributed by atoms with van der Waals surface area (Å²) in [6.45, 7) is 6.44. The fourth-order valence-corrected chi connectivity index (χ4v) is 0.980. The first-order valence-corrected chi connectivity index (χ1v) is 4.53. The Balaban J connectivity index is 4.24. The first-order chi connectivity index (χ1) is 6.13. The van der Waals surface area contributed by atoms with E-state index in [1.54, 1.807) is 31.3 Å². The Kier molecular flexibility index (Phi) is 5.85. The van der Waals surface area contributed by atoms with Crippen molar-refractivity contribution in [1.82, 2.24) is 4.90 Å². The van der Waals surface area contributed by atoms with Crippen LogP contribution in [0.1, 0.15) is 27.2 Å². The molecule has 13 heavy (non-hydrogen) atoms. The van der Waals surface area contributed by atoms with Crippen LogP contribution in [0.5, 0.6) is 0 Å². The summed E-state index contributed by atoms with van der Waals surface area (Å²) in [5, 5.41) is 0. The topological polar surface area (TPSA) is 32.7 Å². The number of amides is 1. The molecule has 1 amide bonds. The number of carbonyl (C=O) groups is 1. The summed E-state index contributed by atoms with van der Waals surface area (Å²) < 4.78 is 0. The molecule has 0 aromatic heterocycles. The molecule has 3 heteroatoms. The van der Waals surface area contributed by atoms with Crippen molar-refractivity contribution in [3.63, 3.8) is 0 Å². The lowest BCUT2D eigenvalue weighted by molar-refractivity contribution is -0.125. The molecule has 0 heterocycles. The molecule has 0 saturated heterocycles. The highest BCUT2D eigenvalue weighted by Crippen LogP contribution is 1.99. The van der Waals surface area contributed by atoms with E-state index in [9.17, 15) is 4.79 Å². The highest BCUT2D eigenvalue weighted by atomic mass is 16.2. The molecule has 0 unspecified atom stereocenters. The highest BCUT2D eigenvalue weighted by Gasteiger charge is 2.08. The van der Waals surface area contributed by atoms with Crippen molar-refractivity contribution in [2.75, 3.05) is 13.6 Å². The van der Waals surface area contributed by atoms with E-state index >= 15 is 0 Å². The zero-order valence-electron chi connectivity index (χ0n) is 8.87. The Bertz CT molecular complexity index is 219. The molecule has 0 aromatic rings. The fourth-order valence-electron chi connectivity index (χ4n) is 0.980. The summed E-state index contributed by atoms with van der Waals surface area (Å²) >= 11 is 0. The van der Waals surface area contributed by atoms with Gasteiger partial charge >= 0.3 is 0 Å². The van der Waals surface area contributed by atoms with E-state index in [2.05, 4.69) is 4.99 Å². The Morgan fingerprint density at radius 1 is 1.54 bits per heavy atom. The third-order valence-electron chi connectivity index (χ3n) is 1.66. The number of likely N-dealkylation sites (N-methyl/N-ethyl adjacent to an activating group) is 1. The van der Waals surface area contributed by atoms with E-state index < -0.39 is 0 Å². The van der Waals surface area contributed by atoms with Crippen LogP contribution in [0, 0.1) is 0 Å². The molecule has 0 spiro atoms. The van der Waals surface area contributed by atoms with Gasteiger partial charge in [-0.3, -0.25) is 9.79 Å². The lowest BCUT2D eigenvalue weighted by atomic mass is 10.3. The molecule has 0 bridgehead atoms. The lowest BCUT2D eigenvalue weighted by Gasteiger charge is -2.15. The molecule has 0 fully saturated rings. The predicted molar refractivity (Wildman–Crippen MR) is 55.9 cm³/mol. The van der Waals surface area contributed by atoms with Crippen LogP contribution in [-0.4, -0.2) is 30.6 Å². The van der Waals surface area contributed by atoms with Gasteiger partial charge in [-0.1, -0.05) is 6.92 Å².